The molecule has 1 rings (SSSR count). The molecule has 4 heteroatoms. The van der Waals surface area contributed by atoms with Crippen molar-refractivity contribution in [3.05, 3.63) is 54.1 Å². The fraction of sp³-hybridized carbons (Fsp3) is 0.250. The molecule has 0 amide bonds. The Kier molecular flexibility index (Phi) is 6.23. The van der Waals surface area contributed by atoms with Gasteiger partial charge in [-0.2, -0.15) is 0 Å². The Labute approximate surface area is 118 Å². The van der Waals surface area contributed by atoms with E-state index in [9.17, 15) is 9.59 Å². The van der Waals surface area contributed by atoms with Crippen molar-refractivity contribution in [1.29, 1.82) is 0 Å². The molecule has 1 aromatic carbocycles. The van der Waals surface area contributed by atoms with Crippen LogP contribution >= 0.6 is 0 Å². The molecule has 0 saturated heterocycles. The minimum Gasteiger partial charge on any atom is -0.463 e. The Morgan fingerprint density at radius 1 is 1.30 bits per heavy atom. The Balaban J connectivity index is 2.84. The summed E-state index contributed by atoms with van der Waals surface area (Å²) in [6, 6.07) is 9.47. The number of hydrogen-bond donors (Lipinski definition) is 0. The molecule has 0 heterocycles. The quantitative estimate of drug-likeness (QED) is 0.591. The highest BCUT2D eigenvalue weighted by molar-refractivity contribution is 5.90. The molecule has 106 valence electrons. The number of benzene rings is 1. The van der Waals surface area contributed by atoms with Crippen LogP contribution in [0, 0.1) is 0 Å². The lowest BCUT2D eigenvalue weighted by Gasteiger charge is -2.14. The predicted molar refractivity (Wildman–Crippen MR) is 76.8 cm³/mol. The monoisotopic (exact) mass is 274 g/mol. The van der Waals surface area contributed by atoms with Crippen molar-refractivity contribution in [2.75, 3.05) is 6.61 Å². The minimum atomic E-state index is -0.827. The van der Waals surface area contributed by atoms with Crippen LogP contribution in [-0.2, 0) is 19.1 Å². The zero-order valence-corrected chi connectivity index (χ0v) is 11.7. The van der Waals surface area contributed by atoms with Crippen LogP contribution < -0.4 is 0 Å². The van der Waals surface area contributed by atoms with Crippen LogP contribution in [0.5, 0.6) is 0 Å². The summed E-state index contributed by atoms with van der Waals surface area (Å²) in [5, 5.41) is 0. The van der Waals surface area contributed by atoms with Crippen molar-refractivity contribution in [2.45, 2.75) is 20.0 Å². The van der Waals surface area contributed by atoms with E-state index in [-0.39, 0.29) is 12.2 Å². The van der Waals surface area contributed by atoms with E-state index < -0.39 is 18.0 Å². The average Bonchev–Trinajstić information content (AvgIpc) is 2.43. The van der Waals surface area contributed by atoms with E-state index in [4.69, 9.17) is 9.47 Å². The van der Waals surface area contributed by atoms with Gasteiger partial charge in [0.25, 0.3) is 0 Å². The number of hydrogen-bond acceptors (Lipinski definition) is 4. The van der Waals surface area contributed by atoms with Crippen LogP contribution in [0.2, 0.25) is 0 Å². The van der Waals surface area contributed by atoms with Gasteiger partial charge in [-0.25, -0.2) is 4.79 Å². The topological polar surface area (TPSA) is 52.6 Å². The van der Waals surface area contributed by atoms with Gasteiger partial charge in [0.1, 0.15) is 0 Å². The fourth-order valence-corrected chi connectivity index (χ4v) is 1.51. The summed E-state index contributed by atoms with van der Waals surface area (Å²) >= 11 is 0. The Bertz CT molecular complexity index is 502. The van der Waals surface area contributed by atoms with Gasteiger partial charge in [0.05, 0.1) is 12.2 Å². The third-order valence-electron chi connectivity index (χ3n) is 2.44. The van der Waals surface area contributed by atoms with E-state index >= 15 is 0 Å². The maximum Gasteiger partial charge on any atom is 0.337 e. The molecule has 0 saturated carbocycles. The Morgan fingerprint density at radius 3 is 2.50 bits per heavy atom. The maximum atomic E-state index is 11.6. The summed E-state index contributed by atoms with van der Waals surface area (Å²) in [5.41, 5.74) is 1.02. The molecule has 4 nitrogen and oxygen atoms in total. The first kappa shape index (κ1) is 15.7. The lowest BCUT2D eigenvalue weighted by atomic mass is 10.1. The zero-order valence-electron chi connectivity index (χ0n) is 11.7. The molecular formula is C16H18O4. The first-order chi connectivity index (χ1) is 9.54. The summed E-state index contributed by atoms with van der Waals surface area (Å²) in [5.74, 6) is -1.06. The summed E-state index contributed by atoms with van der Waals surface area (Å²) in [7, 11) is 0. The number of esters is 2. The molecule has 1 atom stereocenters. The molecule has 0 aliphatic carbocycles. The van der Waals surface area contributed by atoms with Crippen LogP contribution in [0.4, 0.5) is 0 Å². The number of carbonyl (C=O) groups is 2. The molecule has 1 aromatic rings. The van der Waals surface area contributed by atoms with E-state index in [2.05, 4.69) is 6.58 Å². The minimum absolute atomic E-state index is 0.0919. The molecule has 0 spiro atoms. The SMILES string of the molecule is C=C(C(=O)OCC)C(/C=C/c1ccccc1)OC(C)=O. The van der Waals surface area contributed by atoms with Crippen molar-refractivity contribution >= 4 is 18.0 Å². The molecule has 0 aliphatic heterocycles. The number of carbonyl (C=O) groups excluding carboxylic acids is 2. The van der Waals surface area contributed by atoms with Crippen molar-refractivity contribution in [2.24, 2.45) is 0 Å². The second-order valence-corrected chi connectivity index (χ2v) is 4.05. The normalized spacial score (nSPS) is 11.9. The van der Waals surface area contributed by atoms with E-state index in [0.717, 1.165) is 5.56 Å². The number of rotatable bonds is 6. The van der Waals surface area contributed by atoms with Crippen LogP contribution in [-0.4, -0.2) is 24.6 Å². The third-order valence-corrected chi connectivity index (χ3v) is 2.44. The molecule has 0 bridgehead atoms. The number of ether oxygens (including phenoxy) is 2. The predicted octanol–water partition coefficient (Wildman–Crippen LogP) is 2.75. The summed E-state index contributed by atoms with van der Waals surface area (Å²) in [4.78, 5) is 22.7. The first-order valence-electron chi connectivity index (χ1n) is 6.31. The van der Waals surface area contributed by atoms with Crippen molar-refractivity contribution in [1.82, 2.24) is 0 Å². The summed E-state index contributed by atoms with van der Waals surface area (Å²) in [6.45, 7) is 6.86. The lowest BCUT2D eigenvalue weighted by molar-refractivity contribution is -0.145. The molecule has 0 aliphatic rings. The molecule has 1 unspecified atom stereocenters. The maximum absolute atomic E-state index is 11.6. The van der Waals surface area contributed by atoms with Crippen LogP contribution in [0.25, 0.3) is 6.08 Å². The van der Waals surface area contributed by atoms with Gasteiger partial charge < -0.3 is 9.47 Å². The first-order valence-corrected chi connectivity index (χ1v) is 6.31. The fourth-order valence-electron chi connectivity index (χ4n) is 1.51. The van der Waals surface area contributed by atoms with Gasteiger partial charge in [-0.05, 0) is 18.6 Å². The Hall–Kier alpha value is -2.36. The third kappa shape index (κ3) is 5.10. The van der Waals surface area contributed by atoms with E-state index in [1.54, 1.807) is 19.1 Å². The lowest BCUT2D eigenvalue weighted by Crippen LogP contribution is -2.22. The van der Waals surface area contributed by atoms with Crippen LogP contribution in [0.3, 0.4) is 0 Å². The van der Waals surface area contributed by atoms with Crippen molar-refractivity contribution in [3.63, 3.8) is 0 Å². The van der Waals surface area contributed by atoms with E-state index in [1.807, 2.05) is 30.3 Å². The van der Waals surface area contributed by atoms with Gasteiger partial charge in [0.2, 0.25) is 0 Å². The molecule has 0 fully saturated rings. The second-order valence-electron chi connectivity index (χ2n) is 4.05. The average molecular weight is 274 g/mol. The summed E-state index contributed by atoms with van der Waals surface area (Å²) in [6.07, 6.45) is 2.54. The van der Waals surface area contributed by atoms with Crippen LogP contribution in [0.15, 0.2) is 48.6 Å². The largest absolute Gasteiger partial charge is 0.463 e. The van der Waals surface area contributed by atoms with Gasteiger partial charge in [-0.1, -0.05) is 43.0 Å². The summed E-state index contributed by atoms with van der Waals surface area (Å²) < 4.78 is 9.93. The molecule has 0 aromatic heterocycles. The van der Waals surface area contributed by atoms with E-state index in [1.165, 1.54) is 6.92 Å². The van der Waals surface area contributed by atoms with Crippen molar-refractivity contribution in [3.8, 4) is 0 Å². The molecule has 0 N–H and O–H groups in total. The smallest absolute Gasteiger partial charge is 0.337 e. The van der Waals surface area contributed by atoms with Gasteiger partial charge in [-0.15, -0.1) is 0 Å². The Morgan fingerprint density at radius 2 is 1.95 bits per heavy atom. The van der Waals surface area contributed by atoms with Gasteiger partial charge in [0.15, 0.2) is 6.10 Å². The molecule has 20 heavy (non-hydrogen) atoms. The van der Waals surface area contributed by atoms with Gasteiger partial charge in [-0.3, -0.25) is 4.79 Å². The van der Waals surface area contributed by atoms with Gasteiger partial charge in [0, 0.05) is 6.92 Å². The highest BCUT2D eigenvalue weighted by atomic mass is 16.6. The highest BCUT2D eigenvalue weighted by Gasteiger charge is 2.20. The highest BCUT2D eigenvalue weighted by Crippen LogP contribution is 2.12. The van der Waals surface area contributed by atoms with E-state index in [0.29, 0.717) is 0 Å². The zero-order chi connectivity index (χ0) is 15.0. The molecule has 0 radical (unpaired) electrons. The van der Waals surface area contributed by atoms with Crippen LogP contribution in [0.1, 0.15) is 19.4 Å². The second kappa shape index (κ2) is 7.94. The standard InChI is InChI=1S/C16H18O4/c1-4-19-16(18)12(2)15(20-13(3)17)11-10-14-8-6-5-7-9-14/h5-11,15H,2,4H2,1,3H3/b11-10+. The van der Waals surface area contributed by atoms with Gasteiger partial charge >= 0.3 is 11.9 Å². The molecular weight excluding hydrogens is 256 g/mol. The van der Waals surface area contributed by atoms with Crippen molar-refractivity contribution < 1.29 is 19.1 Å².